The fraction of sp³-hybridized carbons (Fsp3) is 0.875. The number of amides is 1. The van der Waals surface area contributed by atoms with Gasteiger partial charge in [0.1, 0.15) is 24.4 Å². The average molecular weight is 301 g/mol. The Labute approximate surface area is 108 Å². The van der Waals surface area contributed by atoms with Crippen molar-refractivity contribution in [3.05, 3.63) is 0 Å². The lowest BCUT2D eigenvalue weighted by Gasteiger charge is -2.40. The van der Waals surface area contributed by atoms with Crippen LogP contribution in [-0.4, -0.2) is 68.3 Å². The number of carbonyl (C=O) groups is 1. The summed E-state index contributed by atoms with van der Waals surface area (Å²) < 4.78 is 19.5. The summed E-state index contributed by atoms with van der Waals surface area (Å²) in [5.74, 6) is -0.552. The Kier molecular flexibility index (Phi) is 5.42. The smallest absolute Gasteiger partial charge is 0.388 e. The number of aliphatic hydroxyl groups is 3. The molecule has 1 fully saturated rings. The zero-order chi connectivity index (χ0) is 14.8. The summed E-state index contributed by atoms with van der Waals surface area (Å²) in [5.41, 5.74) is 0. The molecule has 1 heterocycles. The molecule has 1 unspecified atom stereocenters. The van der Waals surface area contributed by atoms with E-state index in [9.17, 15) is 24.7 Å². The van der Waals surface area contributed by atoms with Crippen molar-refractivity contribution in [2.45, 2.75) is 37.6 Å². The van der Waals surface area contributed by atoms with Crippen molar-refractivity contribution in [2.75, 3.05) is 6.61 Å². The van der Waals surface area contributed by atoms with Gasteiger partial charge >= 0.3 is 7.82 Å². The molecule has 5 atom stereocenters. The van der Waals surface area contributed by atoms with Crippen molar-refractivity contribution in [3.8, 4) is 0 Å². The Morgan fingerprint density at radius 1 is 1.32 bits per heavy atom. The van der Waals surface area contributed by atoms with Gasteiger partial charge in [0.15, 0.2) is 6.29 Å². The summed E-state index contributed by atoms with van der Waals surface area (Å²) >= 11 is 0. The lowest BCUT2D eigenvalue weighted by Crippen LogP contribution is -2.64. The first kappa shape index (κ1) is 16.5. The lowest BCUT2D eigenvalue weighted by atomic mass is 9.97. The average Bonchev–Trinajstić information content (AvgIpc) is 2.26. The third-order valence-corrected chi connectivity index (χ3v) is 2.98. The summed E-state index contributed by atoms with van der Waals surface area (Å²) in [7, 11) is -4.76. The van der Waals surface area contributed by atoms with Crippen LogP contribution < -0.4 is 5.32 Å². The van der Waals surface area contributed by atoms with Gasteiger partial charge in [-0.25, -0.2) is 4.57 Å². The Balaban J connectivity index is 2.66. The summed E-state index contributed by atoms with van der Waals surface area (Å²) in [6, 6.07) is -1.25. The molecule has 0 aliphatic carbocycles. The molecular formula is C8H16NO9P. The van der Waals surface area contributed by atoms with Crippen LogP contribution in [-0.2, 0) is 18.6 Å². The molecular weight excluding hydrogens is 285 g/mol. The van der Waals surface area contributed by atoms with E-state index < -0.39 is 51.0 Å². The van der Waals surface area contributed by atoms with E-state index in [0.717, 1.165) is 6.92 Å². The first-order chi connectivity index (χ1) is 8.61. The summed E-state index contributed by atoms with van der Waals surface area (Å²) in [6.45, 7) is 0.418. The largest absolute Gasteiger partial charge is 0.469 e. The van der Waals surface area contributed by atoms with Crippen LogP contribution in [0.3, 0.4) is 0 Å². The molecule has 0 spiro atoms. The monoisotopic (exact) mass is 301 g/mol. The van der Waals surface area contributed by atoms with Crippen molar-refractivity contribution in [1.82, 2.24) is 5.32 Å². The number of ether oxygens (including phenoxy) is 1. The van der Waals surface area contributed by atoms with Crippen molar-refractivity contribution in [2.24, 2.45) is 0 Å². The van der Waals surface area contributed by atoms with E-state index in [1.165, 1.54) is 0 Å². The molecule has 19 heavy (non-hydrogen) atoms. The van der Waals surface area contributed by atoms with Crippen LogP contribution in [0, 0.1) is 0 Å². The molecule has 0 bridgehead atoms. The van der Waals surface area contributed by atoms with Crippen molar-refractivity contribution in [1.29, 1.82) is 0 Å². The Morgan fingerprint density at radius 2 is 1.89 bits per heavy atom. The van der Waals surface area contributed by atoms with Crippen LogP contribution in [0.25, 0.3) is 0 Å². The summed E-state index contributed by atoms with van der Waals surface area (Å²) in [5, 5.41) is 31.1. The molecule has 0 aromatic rings. The minimum Gasteiger partial charge on any atom is -0.388 e. The Hall–Kier alpha value is -0.580. The summed E-state index contributed by atoms with van der Waals surface area (Å²) in [4.78, 5) is 27.9. The molecule has 0 radical (unpaired) electrons. The first-order valence-electron chi connectivity index (χ1n) is 5.28. The van der Waals surface area contributed by atoms with Crippen LogP contribution in [0.2, 0.25) is 0 Å². The van der Waals surface area contributed by atoms with E-state index in [2.05, 4.69) is 9.84 Å². The topological polar surface area (TPSA) is 166 Å². The highest BCUT2D eigenvalue weighted by atomic mass is 31.2. The molecule has 11 heteroatoms. The van der Waals surface area contributed by atoms with E-state index in [4.69, 9.17) is 14.5 Å². The predicted molar refractivity (Wildman–Crippen MR) is 58.5 cm³/mol. The fourth-order valence-corrected chi connectivity index (χ4v) is 1.99. The van der Waals surface area contributed by atoms with Crippen LogP contribution in [0.5, 0.6) is 0 Å². The van der Waals surface area contributed by atoms with Gasteiger partial charge in [-0.15, -0.1) is 0 Å². The van der Waals surface area contributed by atoms with E-state index >= 15 is 0 Å². The number of phosphoric ester groups is 1. The van der Waals surface area contributed by atoms with Crippen molar-refractivity contribution in [3.63, 3.8) is 0 Å². The van der Waals surface area contributed by atoms with Crippen LogP contribution in [0.15, 0.2) is 0 Å². The molecule has 1 saturated heterocycles. The quantitative estimate of drug-likeness (QED) is 0.297. The highest BCUT2D eigenvalue weighted by Gasteiger charge is 2.44. The van der Waals surface area contributed by atoms with E-state index in [1.807, 2.05) is 0 Å². The SMILES string of the molecule is CC(=O)N[C@H]1C(O)O[C@H](COP(=O)(O)O)[C@H](O)[C@@H]1O. The third kappa shape index (κ3) is 4.79. The molecule has 112 valence electrons. The molecule has 1 aliphatic heterocycles. The molecule has 1 aliphatic rings. The number of rotatable bonds is 4. The van der Waals surface area contributed by atoms with Gasteiger partial charge in [-0.05, 0) is 0 Å². The van der Waals surface area contributed by atoms with Crippen LogP contribution in [0.1, 0.15) is 6.92 Å². The predicted octanol–water partition coefficient (Wildman–Crippen LogP) is -2.96. The second-order valence-electron chi connectivity index (χ2n) is 4.06. The van der Waals surface area contributed by atoms with E-state index in [-0.39, 0.29) is 0 Å². The van der Waals surface area contributed by atoms with Gasteiger partial charge in [0.25, 0.3) is 0 Å². The highest BCUT2D eigenvalue weighted by molar-refractivity contribution is 7.46. The number of hydrogen-bond donors (Lipinski definition) is 6. The standard InChI is InChI=1S/C8H16NO9P/c1-3(10)9-5-7(12)6(11)4(18-8(5)13)2-17-19(14,15)16/h4-8,11-13H,2H2,1H3,(H,9,10)(H2,14,15,16)/t4-,5-,6+,7-,8?/m1/s1. The highest BCUT2D eigenvalue weighted by Crippen LogP contribution is 2.36. The maximum Gasteiger partial charge on any atom is 0.469 e. The van der Waals surface area contributed by atoms with Crippen molar-refractivity contribution >= 4 is 13.7 Å². The lowest BCUT2D eigenvalue weighted by molar-refractivity contribution is -0.252. The third-order valence-electron chi connectivity index (χ3n) is 2.50. The molecule has 1 amide bonds. The maximum absolute atomic E-state index is 10.9. The van der Waals surface area contributed by atoms with Crippen LogP contribution in [0.4, 0.5) is 0 Å². The van der Waals surface area contributed by atoms with Gasteiger partial charge in [0.2, 0.25) is 5.91 Å². The molecule has 10 nitrogen and oxygen atoms in total. The van der Waals surface area contributed by atoms with Gasteiger partial charge in [-0.2, -0.15) is 0 Å². The second kappa shape index (κ2) is 6.25. The molecule has 6 N–H and O–H groups in total. The normalized spacial score (nSPS) is 36.0. The molecule has 1 rings (SSSR count). The number of carbonyl (C=O) groups excluding carboxylic acids is 1. The molecule has 0 saturated carbocycles. The van der Waals surface area contributed by atoms with Gasteiger partial charge in [-0.1, -0.05) is 0 Å². The second-order valence-corrected chi connectivity index (χ2v) is 5.30. The minimum atomic E-state index is -4.76. The Morgan fingerprint density at radius 3 is 2.37 bits per heavy atom. The minimum absolute atomic E-state index is 0.552. The van der Waals surface area contributed by atoms with Gasteiger partial charge in [0.05, 0.1) is 6.61 Å². The van der Waals surface area contributed by atoms with Crippen LogP contribution >= 0.6 is 7.82 Å². The fourth-order valence-electron chi connectivity index (χ4n) is 1.65. The first-order valence-corrected chi connectivity index (χ1v) is 6.81. The van der Waals surface area contributed by atoms with Crippen molar-refractivity contribution < 1.29 is 43.7 Å². The number of nitrogens with one attached hydrogen (secondary N) is 1. The van der Waals surface area contributed by atoms with Gasteiger partial charge in [-0.3, -0.25) is 9.32 Å². The zero-order valence-electron chi connectivity index (χ0n) is 9.91. The molecule has 0 aromatic heterocycles. The number of phosphoric acid groups is 1. The zero-order valence-corrected chi connectivity index (χ0v) is 10.8. The number of aliphatic hydroxyl groups excluding tert-OH is 3. The molecule has 0 aromatic carbocycles. The van der Waals surface area contributed by atoms with E-state index in [0.29, 0.717) is 0 Å². The number of hydrogen-bond acceptors (Lipinski definition) is 7. The van der Waals surface area contributed by atoms with Gasteiger partial charge < -0.3 is 35.2 Å². The van der Waals surface area contributed by atoms with Gasteiger partial charge in [0, 0.05) is 6.92 Å². The van der Waals surface area contributed by atoms with E-state index in [1.54, 1.807) is 0 Å². The summed E-state index contributed by atoms with van der Waals surface area (Å²) in [6.07, 6.45) is -6.15. The maximum atomic E-state index is 10.9. The Bertz CT molecular complexity index is 371.